The van der Waals surface area contributed by atoms with Crippen LogP contribution in [-0.4, -0.2) is 20.6 Å². The third-order valence-electron chi connectivity index (χ3n) is 1.66. The number of imidazole rings is 1. The Hall–Kier alpha value is -1.29. The number of carboxylic acids is 1. The summed E-state index contributed by atoms with van der Waals surface area (Å²) in [5, 5.41) is 8.65. The van der Waals surface area contributed by atoms with Gasteiger partial charge in [0, 0.05) is 6.54 Å². The quantitative estimate of drug-likeness (QED) is 0.713. The van der Waals surface area contributed by atoms with E-state index in [9.17, 15) is 4.79 Å². The summed E-state index contributed by atoms with van der Waals surface area (Å²) in [5.74, 6) is -0.199. The molecule has 4 nitrogen and oxygen atoms in total. The highest BCUT2D eigenvalue weighted by molar-refractivity contribution is 5.86. The number of rotatable bonds is 1. The molecule has 0 fully saturated rings. The van der Waals surface area contributed by atoms with Crippen molar-refractivity contribution in [1.29, 1.82) is 0 Å². The normalized spacial score (nSPS) is 12.3. The highest BCUT2D eigenvalue weighted by atomic mass is 35.5. The number of aromatic carboxylic acids is 1. The second-order valence-electron chi connectivity index (χ2n) is 2.32. The van der Waals surface area contributed by atoms with E-state index in [1.165, 1.54) is 6.20 Å². The molecule has 1 aliphatic heterocycles. The Labute approximate surface area is 74.9 Å². The topological polar surface area (TPSA) is 55.1 Å². The lowest BCUT2D eigenvalue weighted by Crippen LogP contribution is -2.06. The highest BCUT2D eigenvalue weighted by Crippen LogP contribution is 2.12. The summed E-state index contributed by atoms with van der Waals surface area (Å²) in [7, 11) is 0. The number of hydrogen-bond acceptors (Lipinski definition) is 2. The molecule has 1 aromatic heterocycles. The lowest BCUT2D eigenvalue weighted by atomic mass is 10.5. The summed E-state index contributed by atoms with van der Waals surface area (Å²) >= 11 is 0. The molecule has 0 saturated heterocycles. The van der Waals surface area contributed by atoms with E-state index in [0.29, 0.717) is 6.54 Å². The van der Waals surface area contributed by atoms with Gasteiger partial charge in [0.25, 0.3) is 0 Å². The summed E-state index contributed by atoms with van der Waals surface area (Å²) < 4.78 is 1.66. The SMILES string of the molecule is Cl.O=C(O)c1cnc2n1CC=C2. The number of fused-ring (bicyclic) bond motifs is 1. The maximum atomic E-state index is 10.5. The van der Waals surface area contributed by atoms with E-state index in [4.69, 9.17) is 5.11 Å². The molecule has 0 amide bonds. The summed E-state index contributed by atoms with van der Waals surface area (Å²) in [6.07, 6.45) is 5.07. The summed E-state index contributed by atoms with van der Waals surface area (Å²) in [5.41, 5.74) is 0.255. The number of carboxylic acid groups (broad SMARTS) is 1. The minimum atomic E-state index is -0.924. The van der Waals surface area contributed by atoms with E-state index >= 15 is 0 Å². The zero-order valence-corrected chi connectivity index (χ0v) is 6.91. The van der Waals surface area contributed by atoms with Gasteiger partial charge in [-0.25, -0.2) is 9.78 Å². The van der Waals surface area contributed by atoms with Crippen molar-refractivity contribution in [3.05, 3.63) is 23.8 Å². The Morgan fingerprint density at radius 2 is 2.42 bits per heavy atom. The molecular weight excluding hydrogens is 180 g/mol. The van der Waals surface area contributed by atoms with Crippen LogP contribution in [0.3, 0.4) is 0 Å². The van der Waals surface area contributed by atoms with E-state index in [-0.39, 0.29) is 18.1 Å². The van der Waals surface area contributed by atoms with Crippen molar-refractivity contribution >= 4 is 24.5 Å². The summed E-state index contributed by atoms with van der Waals surface area (Å²) in [6, 6.07) is 0. The molecule has 2 heterocycles. The molecule has 0 spiro atoms. The van der Waals surface area contributed by atoms with Gasteiger partial charge in [-0.2, -0.15) is 0 Å². The van der Waals surface area contributed by atoms with Gasteiger partial charge < -0.3 is 9.67 Å². The average molecular weight is 187 g/mol. The van der Waals surface area contributed by atoms with E-state index in [2.05, 4.69) is 4.98 Å². The molecule has 0 unspecified atom stereocenters. The van der Waals surface area contributed by atoms with Crippen LogP contribution in [-0.2, 0) is 6.54 Å². The second kappa shape index (κ2) is 2.98. The fraction of sp³-hybridized carbons (Fsp3) is 0.143. The van der Waals surface area contributed by atoms with Crippen LogP contribution in [0.2, 0.25) is 0 Å². The molecule has 12 heavy (non-hydrogen) atoms. The second-order valence-corrected chi connectivity index (χ2v) is 2.32. The monoisotopic (exact) mass is 186 g/mol. The van der Waals surface area contributed by atoms with Crippen LogP contribution >= 0.6 is 12.4 Å². The van der Waals surface area contributed by atoms with Gasteiger partial charge in [0.05, 0.1) is 6.20 Å². The van der Waals surface area contributed by atoms with E-state index in [1.54, 1.807) is 4.57 Å². The average Bonchev–Trinajstić information content (AvgIpc) is 2.41. The summed E-state index contributed by atoms with van der Waals surface area (Å²) in [6.45, 7) is 0.622. The number of nitrogens with zero attached hydrogens (tertiary/aromatic N) is 2. The maximum absolute atomic E-state index is 10.5. The van der Waals surface area contributed by atoms with Gasteiger partial charge in [0.2, 0.25) is 0 Å². The predicted molar refractivity (Wildman–Crippen MR) is 45.5 cm³/mol. The van der Waals surface area contributed by atoms with Gasteiger partial charge in [-0.05, 0) is 6.08 Å². The Morgan fingerprint density at radius 1 is 1.67 bits per heavy atom. The lowest BCUT2D eigenvalue weighted by molar-refractivity contribution is 0.0686. The molecular formula is C7H7ClN2O2. The van der Waals surface area contributed by atoms with Gasteiger partial charge in [0.15, 0.2) is 0 Å². The van der Waals surface area contributed by atoms with E-state index in [0.717, 1.165) is 5.82 Å². The van der Waals surface area contributed by atoms with Crippen molar-refractivity contribution in [2.24, 2.45) is 0 Å². The third kappa shape index (κ3) is 1.10. The molecule has 0 aromatic carbocycles. The van der Waals surface area contributed by atoms with Crippen molar-refractivity contribution in [3.63, 3.8) is 0 Å². The minimum absolute atomic E-state index is 0. The third-order valence-corrected chi connectivity index (χ3v) is 1.66. The Morgan fingerprint density at radius 3 is 3.08 bits per heavy atom. The van der Waals surface area contributed by atoms with Gasteiger partial charge in [-0.3, -0.25) is 0 Å². The van der Waals surface area contributed by atoms with Crippen LogP contribution in [0, 0.1) is 0 Å². The molecule has 1 N–H and O–H groups in total. The zero-order valence-electron chi connectivity index (χ0n) is 6.10. The first-order valence-electron chi connectivity index (χ1n) is 3.24. The number of aromatic nitrogens is 2. The Balaban J connectivity index is 0.000000720. The van der Waals surface area contributed by atoms with E-state index in [1.807, 2.05) is 12.2 Å². The molecule has 2 rings (SSSR count). The fourth-order valence-corrected chi connectivity index (χ4v) is 1.15. The molecule has 1 aliphatic rings. The molecule has 0 aliphatic carbocycles. The molecule has 0 atom stereocenters. The van der Waals surface area contributed by atoms with Crippen LogP contribution < -0.4 is 0 Å². The van der Waals surface area contributed by atoms with Crippen molar-refractivity contribution in [3.8, 4) is 0 Å². The number of carbonyl (C=O) groups is 1. The number of halogens is 1. The largest absolute Gasteiger partial charge is 0.477 e. The first kappa shape index (κ1) is 8.80. The molecule has 5 heteroatoms. The highest BCUT2D eigenvalue weighted by Gasteiger charge is 2.15. The zero-order chi connectivity index (χ0) is 7.84. The van der Waals surface area contributed by atoms with Crippen molar-refractivity contribution < 1.29 is 9.90 Å². The van der Waals surface area contributed by atoms with E-state index < -0.39 is 5.97 Å². The molecule has 0 radical (unpaired) electrons. The van der Waals surface area contributed by atoms with Crippen LogP contribution in [0.15, 0.2) is 12.3 Å². The first-order chi connectivity index (χ1) is 5.29. The first-order valence-corrected chi connectivity index (χ1v) is 3.24. The van der Waals surface area contributed by atoms with Gasteiger partial charge in [-0.1, -0.05) is 6.08 Å². The molecule has 0 saturated carbocycles. The number of hydrogen-bond donors (Lipinski definition) is 1. The molecule has 0 bridgehead atoms. The van der Waals surface area contributed by atoms with Crippen LogP contribution in [0.25, 0.3) is 6.08 Å². The molecule has 64 valence electrons. The maximum Gasteiger partial charge on any atom is 0.354 e. The van der Waals surface area contributed by atoms with Gasteiger partial charge >= 0.3 is 5.97 Å². The standard InChI is InChI=1S/C7H6N2O2.ClH/c10-7(11)5-4-8-6-2-1-3-9(5)6;/h1-2,4H,3H2,(H,10,11);1H. The summed E-state index contributed by atoms with van der Waals surface area (Å²) in [4.78, 5) is 14.4. The molecule has 1 aromatic rings. The predicted octanol–water partition coefficient (Wildman–Crippen LogP) is 1.03. The smallest absolute Gasteiger partial charge is 0.354 e. The lowest BCUT2D eigenvalue weighted by Gasteiger charge is -1.97. The van der Waals surface area contributed by atoms with Crippen molar-refractivity contribution in [1.82, 2.24) is 9.55 Å². The van der Waals surface area contributed by atoms with Crippen LogP contribution in [0.4, 0.5) is 0 Å². The Kier molecular flexibility index (Phi) is 2.19. The van der Waals surface area contributed by atoms with Gasteiger partial charge in [0.1, 0.15) is 11.5 Å². The Bertz CT molecular complexity index is 343. The van der Waals surface area contributed by atoms with Crippen molar-refractivity contribution in [2.75, 3.05) is 0 Å². The van der Waals surface area contributed by atoms with Gasteiger partial charge in [-0.15, -0.1) is 12.4 Å². The number of allylic oxidation sites excluding steroid dienone is 1. The minimum Gasteiger partial charge on any atom is -0.477 e. The fourth-order valence-electron chi connectivity index (χ4n) is 1.15. The van der Waals surface area contributed by atoms with Crippen LogP contribution in [0.5, 0.6) is 0 Å². The van der Waals surface area contributed by atoms with Crippen molar-refractivity contribution in [2.45, 2.75) is 6.54 Å². The van der Waals surface area contributed by atoms with Crippen LogP contribution in [0.1, 0.15) is 16.3 Å².